The molecule has 4 aromatic carbocycles. The molecule has 0 saturated carbocycles. The summed E-state index contributed by atoms with van der Waals surface area (Å²) in [4.78, 5) is 46.7. The number of ether oxygens (including phenoxy) is 3. The van der Waals surface area contributed by atoms with E-state index in [0.717, 1.165) is 11.1 Å². The van der Waals surface area contributed by atoms with Crippen LogP contribution in [0.4, 0.5) is 5.69 Å². The summed E-state index contributed by atoms with van der Waals surface area (Å²) in [6.07, 6.45) is 5.39. The molecule has 1 spiro atoms. The molecule has 0 bridgehead atoms. The van der Waals surface area contributed by atoms with Crippen molar-refractivity contribution in [2.45, 2.75) is 17.5 Å². The molecule has 8 heteroatoms. The normalized spacial score (nSPS) is 23.2. The fourth-order valence-electron chi connectivity index (χ4n) is 7.50. The van der Waals surface area contributed by atoms with Crippen LogP contribution in [-0.2, 0) is 10.2 Å². The Hall–Kier alpha value is -5.63. The minimum absolute atomic E-state index is 0.0623. The Kier molecular flexibility index (Phi) is 6.13. The van der Waals surface area contributed by atoms with Crippen LogP contribution in [0.25, 0.3) is 6.08 Å². The summed E-state index contributed by atoms with van der Waals surface area (Å²) in [6.45, 7) is 3.99. The molecular formula is C37H28N2O6. The van der Waals surface area contributed by atoms with Crippen molar-refractivity contribution < 1.29 is 28.6 Å². The Bertz CT molecular complexity index is 1950. The van der Waals surface area contributed by atoms with Crippen molar-refractivity contribution in [3.05, 3.63) is 138 Å². The van der Waals surface area contributed by atoms with E-state index in [1.54, 1.807) is 48.5 Å². The first-order valence-corrected chi connectivity index (χ1v) is 14.8. The van der Waals surface area contributed by atoms with Crippen LogP contribution >= 0.6 is 0 Å². The highest BCUT2D eigenvalue weighted by molar-refractivity contribution is 6.17. The number of amides is 1. The van der Waals surface area contributed by atoms with Gasteiger partial charge in [-0.05, 0) is 59.2 Å². The lowest BCUT2D eigenvalue weighted by Gasteiger charge is -2.38. The second-order valence-electron chi connectivity index (χ2n) is 11.5. The third kappa shape index (κ3) is 3.81. The molecule has 1 fully saturated rings. The predicted octanol–water partition coefficient (Wildman–Crippen LogP) is 5.96. The topological polar surface area (TPSA) is 94.2 Å². The zero-order valence-electron chi connectivity index (χ0n) is 24.1. The summed E-state index contributed by atoms with van der Waals surface area (Å²) in [5, 5.41) is 3.08. The van der Waals surface area contributed by atoms with Gasteiger partial charge in [0.1, 0.15) is 23.8 Å². The maximum Gasteiger partial charge on any atom is 0.238 e. The highest BCUT2D eigenvalue weighted by Gasteiger charge is 2.71. The highest BCUT2D eigenvalue weighted by Crippen LogP contribution is 2.62. The number of ketones is 2. The van der Waals surface area contributed by atoms with Gasteiger partial charge in [0, 0.05) is 17.5 Å². The van der Waals surface area contributed by atoms with Gasteiger partial charge in [0.25, 0.3) is 0 Å². The molecule has 4 heterocycles. The van der Waals surface area contributed by atoms with E-state index in [1.807, 2.05) is 65.7 Å². The van der Waals surface area contributed by atoms with Crippen LogP contribution < -0.4 is 19.5 Å². The average Bonchev–Trinajstić information content (AvgIpc) is 3.76. The fraction of sp³-hybridized carbons (Fsp3) is 0.162. The molecule has 4 aliphatic rings. The van der Waals surface area contributed by atoms with Gasteiger partial charge in [0.05, 0.1) is 17.5 Å². The van der Waals surface area contributed by atoms with Gasteiger partial charge in [0.15, 0.2) is 23.1 Å². The Morgan fingerprint density at radius 2 is 1.73 bits per heavy atom. The van der Waals surface area contributed by atoms with Crippen molar-refractivity contribution >= 4 is 29.2 Å². The van der Waals surface area contributed by atoms with Crippen LogP contribution in [0.5, 0.6) is 17.2 Å². The van der Waals surface area contributed by atoms with Gasteiger partial charge >= 0.3 is 0 Å². The second-order valence-corrected chi connectivity index (χ2v) is 11.5. The van der Waals surface area contributed by atoms with Crippen LogP contribution in [0.2, 0.25) is 0 Å². The summed E-state index contributed by atoms with van der Waals surface area (Å²) in [7, 11) is 0. The van der Waals surface area contributed by atoms with Crippen molar-refractivity contribution in [1.29, 1.82) is 0 Å². The Balaban J connectivity index is 1.40. The molecule has 1 saturated heterocycles. The van der Waals surface area contributed by atoms with Crippen LogP contribution in [0.1, 0.15) is 43.4 Å². The number of fused-ring (bicyclic) bond motifs is 7. The van der Waals surface area contributed by atoms with Gasteiger partial charge in [-0.3, -0.25) is 14.4 Å². The molecule has 4 atom stereocenters. The Morgan fingerprint density at radius 1 is 0.956 bits per heavy atom. The van der Waals surface area contributed by atoms with Gasteiger partial charge < -0.3 is 24.4 Å². The Morgan fingerprint density at radius 3 is 2.62 bits per heavy atom. The quantitative estimate of drug-likeness (QED) is 0.208. The largest absolute Gasteiger partial charge is 0.489 e. The minimum Gasteiger partial charge on any atom is -0.489 e. The molecule has 0 aliphatic carbocycles. The number of rotatable bonds is 7. The number of nitrogens with one attached hydrogen (secondary N) is 1. The molecular weight excluding hydrogens is 568 g/mol. The van der Waals surface area contributed by atoms with Gasteiger partial charge in [-0.25, -0.2) is 0 Å². The predicted molar refractivity (Wildman–Crippen MR) is 167 cm³/mol. The molecule has 0 unspecified atom stereocenters. The van der Waals surface area contributed by atoms with Crippen molar-refractivity contribution in [2.75, 3.05) is 18.7 Å². The molecule has 1 amide bonds. The number of nitrogens with zero attached hydrogens (tertiary/aromatic N) is 1. The van der Waals surface area contributed by atoms with Gasteiger partial charge in [-0.2, -0.15) is 0 Å². The zero-order chi connectivity index (χ0) is 30.7. The molecule has 8 rings (SSSR count). The van der Waals surface area contributed by atoms with E-state index < -0.39 is 23.4 Å². The summed E-state index contributed by atoms with van der Waals surface area (Å²) in [5.74, 6) is -0.760. The lowest BCUT2D eigenvalue weighted by molar-refractivity contribution is -0.122. The first-order chi connectivity index (χ1) is 22.0. The van der Waals surface area contributed by atoms with Crippen molar-refractivity contribution in [3.63, 3.8) is 0 Å². The monoisotopic (exact) mass is 596 g/mol. The smallest absolute Gasteiger partial charge is 0.238 e. The van der Waals surface area contributed by atoms with E-state index in [4.69, 9.17) is 14.2 Å². The molecule has 0 aromatic heterocycles. The number of carbonyl (C=O) groups excluding carboxylic acids is 3. The van der Waals surface area contributed by atoms with Gasteiger partial charge in [-0.1, -0.05) is 67.3 Å². The van der Waals surface area contributed by atoms with Crippen LogP contribution in [-0.4, -0.2) is 41.8 Å². The third-order valence-corrected chi connectivity index (χ3v) is 9.29. The van der Waals surface area contributed by atoms with E-state index in [0.29, 0.717) is 39.6 Å². The number of hydrogen-bond acceptors (Lipinski definition) is 7. The maximum absolute atomic E-state index is 15.2. The molecule has 1 N–H and O–H groups in total. The standard InChI is InChI=1S/C37H28N2O6/c1-2-19-43-28-14-8-5-11-25(28)34(41)31-32(33(40)23-15-16-29-30(20-23)45-21-44-29)39-18-17-22-9-3-4-10-24(22)35(39)37(31)26-12-6-7-13-27(26)38-36(37)42/h2-18,20,31-32,35H,1,19,21H2,(H,38,42)/t31-,32+,35+,37+/m0/s1. The average molecular weight is 597 g/mol. The molecule has 4 aromatic rings. The lowest BCUT2D eigenvalue weighted by Crippen LogP contribution is -2.49. The number of carbonyl (C=O) groups is 3. The molecule has 0 radical (unpaired) electrons. The SMILES string of the molecule is C=CCOc1ccccc1C(=O)[C@@H]1[C@H](C(=O)c2ccc3c(c2)OCO3)N2C=Cc3ccccc3[C@@H]2[C@]12C(=O)Nc1ccccc12. The van der Waals surface area contributed by atoms with Gasteiger partial charge in [-0.15, -0.1) is 0 Å². The second kappa shape index (κ2) is 10.2. The minimum atomic E-state index is -1.45. The molecule has 4 aliphatic heterocycles. The zero-order valence-corrected chi connectivity index (χ0v) is 24.1. The molecule has 45 heavy (non-hydrogen) atoms. The number of benzene rings is 4. The van der Waals surface area contributed by atoms with Crippen molar-refractivity contribution in [1.82, 2.24) is 4.90 Å². The highest BCUT2D eigenvalue weighted by atomic mass is 16.7. The summed E-state index contributed by atoms with van der Waals surface area (Å²) in [5.41, 5.74) is 2.29. The maximum atomic E-state index is 15.2. The summed E-state index contributed by atoms with van der Waals surface area (Å²) >= 11 is 0. The van der Waals surface area contributed by atoms with Crippen LogP contribution in [0, 0.1) is 5.92 Å². The number of Topliss-reactive ketones (excluding diaryl/α,β-unsaturated/α-hetero) is 2. The van der Waals surface area contributed by atoms with E-state index in [1.165, 1.54) is 0 Å². The van der Waals surface area contributed by atoms with Crippen LogP contribution in [0.15, 0.2) is 110 Å². The van der Waals surface area contributed by atoms with E-state index in [2.05, 4.69) is 11.9 Å². The van der Waals surface area contributed by atoms with Crippen LogP contribution in [0.3, 0.4) is 0 Å². The molecule has 222 valence electrons. The van der Waals surface area contributed by atoms with Crippen molar-refractivity contribution in [3.8, 4) is 17.2 Å². The van der Waals surface area contributed by atoms with Crippen molar-refractivity contribution in [2.24, 2.45) is 5.92 Å². The number of para-hydroxylation sites is 2. The number of anilines is 1. The summed E-state index contributed by atoms with van der Waals surface area (Å²) in [6, 6.07) is 25.6. The Labute approximate surface area is 259 Å². The van der Waals surface area contributed by atoms with E-state index in [-0.39, 0.29) is 30.9 Å². The first kappa shape index (κ1) is 27.0. The number of hydrogen-bond donors (Lipinski definition) is 1. The van der Waals surface area contributed by atoms with E-state index in [9.17, 15) is 9.59 Å². The third-order valence-electron chi connectivity index (χ3n) is 9.29. The van der Waals surface area contributed by atoms with E-state index >= 15 is 4.79 Å². The lowest BCUT2D eigenvalue weighted by atomic mass is 9.62. The first-order valence-electron chi connectivity index (χ1n) is 14.8. The fourth-order valence-corrected chi connectivity index (χ4v) is 7.50. The summed E-state index contributed by atoms with van der Waals surface area (Å²) < 4.78 is 17.0. The van der Waals surface area contributed by atoms with Gasteiger partial charge in [0.2, 0.25) is 12.7 Å². The molecule has 8 nitrogen and oxygen atoms in total.